The number of hydrogen-bond acceptors (Lipinski definition) is 5. The van der Waals surface area contributed by atoms with E-state index in [0.29, 0.717) is 18.0 Å². The van der Waals surface area contributed by atoms with E-state index in [9.17, 15) is 0 Å². The minimum Gasteiger partial charge on any atom is -0.352 e. The molecule has 1 N–H and O–H groups in total. The molecule has 1 atom stereocenters. The van der Waals surface area contributed by atoms with E-state index >= 15 is 0 Å². The van der Waals surface area contributed by atoms with E-state index in [0.717, 1.165) is 12.4 Å². The van der Waals surface area contributed by atoms with Gasteiger partial charge in [-0.15, -0.1) is 5.10 Å². The summed E-state index contributed by atoms with van der Waals surface area (Å²) in [5, 5.41) is 11.8. The summed E-state index contributed by atoms with van der Waals surface area (Å²) in [7, 11) is 0. The average molecular weight is 289 g/mol. The van der Waals surface area contributed by atoms with Gasteiger partial charge in [0.05, 0.1) is 6.20 Å². The van der Waals surface area contributed by atoms with Gasteiger partial charge in [0.2, 0.25) is 5.95 Å². The molecule has 1 aromatic rings. The van der Waals surface area contributed by atoms with Gasteiger partial charge in [-0.25, -0.2) is 0 Å². The summed E-state index contributed by atoms with van der Waals surface area (Å²) in [4.78, 5) is 7.15. The number of nitrogens with one attached hydrogen (secondary N) is 1. The zero-order valence-electron chi connectivity index (χ0n) is 13.1. The molecule has 21 heavy (non-hydrogen) atoms. The minimum absolute atomic E-state index is 0.527. The Morgan fingerprint density at radius 3 is 2.76 bits per heavy atom. The molecule has 1 saturated heterocycles. The molecule has 5 nitrogen and oxygen atoms in total. The molecule has 1 saturated carbocycles. The lowest BCUT2D eigenvalue weighted by Gasteiger charge is -2.36. The second-order valence-corrected chi connectivity index (χ2v) is 6.37. The Balaban J connectivity index is 1.69. The van der Waals surface area contributed by atoms with Gasteiger partial charge in [0.25, 0.3) is 0 Å². The van der Waals surface area contributed by atoms with Crippen LogP contribution in [0.15, 0.2) is 6.20 Å². The van der Waals surface area contributed by atoms with Gasteiger partial charge in [-0.1, -0.05) is 26.2 Å². The molecule has 0 bridgehead atoms. The van der Waals surface area contributed by atoms with Crippen LogP contribution in [0.4, 0.5) is 11.8 Å². The van der Waals surface area contributed by atoms with Crippen LogP contribution in [-0.2, 0) is 0 Å². The van der Waals surface area contributed by atoms with Gasteiger partial charge in [-0.05, 0) is 38.5 Å². The van der Waals surface area contributed by atoms with Crippen LogP contribution in [0, 0.1) is 0 Å². The van der Waals surface area contributed by atoms with E-state index in [1.54, 1.807) is 0 Å². The first-order valence-electron chi connectivity index (χ1n) is 8.59. The SMILES string of the molecule is CCC1CCCCN1c1cnnc(NC2CCCCC2)n1. The summed E-state index contributed by atoms with van der Waals surface area (Å²) in [6.07, 6.45) is 13.3. The standard InChI is InChI=1S/C16H27N5/c1-2-14-10-6-7-11-21(14)15-12-17-20-16(19-15)18-13-8-4-3-5-9-13/h12-14H,2-11H2,1H3,(H,18,19,20). The lowest BCUT2D eigenvalue weighted by Crippen LogP contribution is -2.40. The molecule has 1 unspecified atom stereocenters. The predicted molar refractivity (Wildman–Crippen MR) is 85.6 cm³/mol. The Labute approximate surface area is 127 Å². The summed E-state index contributed by atoms with van der Waals surface area (Å²) in [6.45, 7) is 3.36. The first kappa shape index (κ1) is 14.5. The fourth-order valence-corrected chi connectivity index (χ4v) is 3.65. The zero-order chi connectivity index (χ0) is 14.5. The van der Waals surface area contributed by atoms with E-state index in [1.807, 2.05) is 6.20 Å². The third-order valence-electron chi connectivity index (χ3n) is 4.88. The Bertz CT molecular complexity index is 444. The van der Waals surface area contributed by atoms with Crippen molar-refractivity contribution < 1.29 is 0 Å². The van der Waals surface area contributed by atoms with Crippen LogP contribution in [0.1, 0.15) is 64.7 Å². The molecular formula is C16H27N5. The van der Waals surface area contributed by atoms with Gasteiger partial charge >= 0.3 is 0 Å². The normalized spacial score (nSPS) is 24.0. The van der Waals surface area contributed by atoms with Crippen molar-refractivity contribution in [3.05, 3.63) is 6.20 Å². The number of anilines is 2. The lowest BCUT2D eigenvalue weighted by atomic mass is 9.96. The predicted octanol–water partition coefficient (Wildman–Crippen LogP) is 3.39. The van der Waals surface area contributed by atoms with Crippen LogP contribution in [0.5, 0.6) is 0 Å². The molecule has 0 amide bonds. The van der Waals surface area contributed by atoms with E-state index in [1.165, 1.54) is 57.8 Å². The van der Waals surface area contributed by atoms with Crippen LogP contribution in [0.3, 0.4) is 0 Å². The second-order valence-electron chi connectivity index (χ2n) is 6.37. The molecule has 2 aliphatic rings. The Morgan fingerprint density at radius 1 is 1.14 bits per heavy atom. The Morgan fingerprint density at radius 2 is 1.95 bits per heavy atom. The molecule has 1 aromatic heterocycles. The summed E-state index contributed by atoms with van der Waals surface area (Å²) in [5.74, 6) is 1.70. The Hall–Kier alpha value is -1.39. The molecule has 2 heterocycles. The highest BCUT2D eigenvalue weighted by Crippen LogP contribution is 2.25. The number of aromatic nitrogens is 3. The molecule has 0 radical (unpaired) electrons. The molecule has 5 heteroatoms. The number of piperidine rings is 1. The van der Waals surface area contributed by atoms with Gasteiger partial charge in [0.15, 0.2) is 5.82 Å². The van der Waals surface area contributed by atoms with E-state index in [4.69, 9.17) is 4.98 Å². The summed E-state index contributed by atoms with van der Waals surface area (Å²) >= 11 is 0. The van der Waals surface area contributed by atoms with Crippen molar-refractivity contribution >= 4 is 11.8 Å². The fraction of sp³-hybridized carbons (Fsp3) is 0.812. The maximum atomic E-state index is 4.73. The van der Waals surface area contributed by atoms with Crippen LogP contribution < -0.4 is 10.2 Å². The molecule has 0 spiro atoms. The monoisotopic (exact) mass is 289 g/mol. The van der Waals surface area contributed by atoms with E-state index in [2.05, 4.69) is 27.3 Å². The van der Waals surface area contributed by atoms with Crippen molar-refractivity contribution in [2.75, 3.05) is 16.8 Å². The van der Waals surface area contributed by atoms with Gasteiger partial charge in [0, 0.05) is 18.6 Å². The van der Waals surface area contributed by atoms with Crippen molar-refractivity contribution in [1.82, 2.24) is 15.2 Å². The molecule has 0 aromatic carbocycles. The smallest absolute Gasteiger partial charge is 0.244 e. The molecule has 2 fully saturated rings. The first-order chi connectivity index (χ1) is 10.4. The quantitative estimate of drug-likeness (QED) is 0.921. The van der Waals surface area contributed by atoms with Gasteiger partial charge in [-0.3, -0.25) is 0 Å². The molecular weight excluding hydrogens is 262 g/mol. The van der Waals surface area contributed by atoms with Crippen LogP contribution in [0.2, 0.25) is 0 Å². The van der Waals surface area contributed by atoms with Crippen molar-refractivity contribution in [1.29, 1.82) is 0 Å². The third-order valence-corrected chi connectivity index (χ3v) is 4.88. The highest BCUT2D eigenvalue weighted by atomic mass is 15.3. The van der Waals surface area contributed by atoms with Crippen molar-refractivity contribution in [2.24, 2.45) is 0 Å². The second kappa shape index (κ2) is 7.05. The van der Waals surface area contributed by atoms with Crippen molar-refractivity contribution in [3.8, 4) is 0 Å². The molecule has 116 valence electrons. The molecule has 1 aliphatic heterocycles. The topological polar surface area (TPSA) is 53.9 Å². The maximum Gasteiger partial charge on any atom is 0.244 e. The van der Waals surface area contributed by atoms with Crippen LogP contribution in [0.25, 0.3) is 0 Å². The van der Waals surface area contributed by atoms with Crippen LogP contribution >= 0.6 is 0 Å². The minimum atomic E-state index is 0.527. The maximum absolute atomic E-state index is 4.73. The number of hydrogen-bond donors (Lipinski definition) is 1. The molecule has 3 rings (SSSR count). The fourth-order valence-electron chi connectivity index (χ4n) is 3.65. The highest BCUT2D eigenvalue weighted by molar-refractivity contribution is 5.42. The van der Waals surface area contributed by atoms with Crippen molar-refractivity contribution in [2.45, 2.75) is 76.8 Å². The van der Waals surface area contributed by atoms with Gasteiger partial charge in [-0.2, -0.15) is 10.1 Å². The summed E-state index contributed by atoms with van der Waals surface area (Å²) in [6, 6.07) is 1.14. The van der Waals surface area contributed by atoms with E-state index in [-0.39, 0.29) is 0 Å². The third kappa shape index (κ3) is 3.63. The number of rotatable bonds is 4. The average Bonchev–Trinajstić information content (AvgIpc) is 2.56. The Kier molecular flexibility index (Phi) is 4.88. The van der Waals surface area contributed by atoms with E-state index < -0.39 is 0 Å². The molecule has 1 aliphatic carbocycles. The van der Waals surface area contributed by atoms with Crippen molar-refractivity contribution in [3.63, 3.8) is 0 Å². The largest absolute Gasteiger partial charge is 0.352 e. The summed E-state index contributed by atoms with van der Waals surface area (Å²) in [5.41, 5.74) is 0. The summed E-state index contributed by atoms with van der Waals surface area (Å²) < 4.78 is 0. The van der Waals surface area contributed by atoms with Crippen LogP contribution in [-0.4, -0.2) is 33.8 Å². The zero-order valence-corrected chi connectivity index (χ0v) is 13.1. The number of nitrogens with zero attached hydrogens (tertiary/aromatic N) is 4. The lowest BCUT2D eigenvalue weighted by molar-refractivity contribution is 0.445. The van der Waals surface area contributed by atoms with Gasteiger partial charge < -0.3 is 10.2 Å². The van der Waals surface area contributed by atoms with Gasteiger partial charge in [0.1, 0.15) is 0 Å². The first-order valence-corrected chi connectivity index (χ1v) is 8.59. The highest BCUT2D eigenvalue weighted by Gasteiger charge is 2.23.